The molecule has 0 saturated heterocycles. The number of aliphatic imine (C=N–C) groups is 1. The summed E-state index contributed by atoms with van der Waals surface area (Å²) in [5, 5.41) is 10.6. The van der Waals surface area contributed by atoms with Gasteiger partial charge in [-0.2, -0.15) is 4.98 Å². The molecule has 144 valence electrons. The van der Waals surface area contributed by atoms with Crippen molar-refractivity contribution in [3.63, 3.8) is 0 Å². The largest absolute Gasteiger partial charge is 0.378 e. The molecule has 0 aliphatic carbocycles. The van der Waals surface area contributed by atoms with Crippen LogP contribution in [0.3, 0.4) is 0 Å². The van der Waals surface area contributed by atoms with Gasteiger partial charge in [0.2, 0.25) is 5.89 Å². The number of nitrogens with one attached hydrogen (secondary N) is 2. The lowest BCUT2D eigenvalue weighted by atomic mass is 10.0. The fourth-order valence-corrected chi connectivity index (χ4v) is 2.36. The molecule has 0 saturated carbocycles. The Morgan fingerprint density at radius 2 is 1.96 bits per heavy atom. The zero-order valence-electron chi connectivity index (χ0n) is 16.6. The number of aromatic nitrogens is 2. The first-order chi connectivity index (χ1) is 12.0. The van der Waals surface area contributed by atoms with Crippen LogP contribution in [0.2, 0.25) is 0 Å². The van der Waals surface area contributed by atoms with Crippen LogP contribution in [0, 0.1) is 5.92 Å². The lowest BCUT2D eigenvalue weighted by Crippen LogP contribution is -2.38. The van der Waals surface area contributed by atoms with E-state index in [-0.39, 0.29) is 12.0 Å². The van der Waals surface area contributed by atoms with Crippen LogP contribution in [-0.2, 0) is 11.2 Å². The molecule has 1 rings (SSSR count). The fraction of sp³-hybridized carbons (Fsp3) is 0.833. The lowest BCUT2D eigenvalue weighted by Gasteiger charge is -2.20. The van der Waals surface area contributed by atoms with E-state index in [9.17, 15) is 0 Å². The van der Waals surface area contributed by atoms with Crippen molar-refractivity contribution >= 4 is 5.96 Å². The minimum absolute atomic E-state index is 0.254. The van der Waals surface area contributed by atoms with E-state index >= 15 is 0 Å². The number of guanidine groups is 1. The molecule has 1 aromatic rings. The molecule has 1 unspecified atom stereocenters. The van der Waals surface area contributed by atoms with Crippen LogP contribution in [0.4, 0.5) is 0 Å². The first-order valence-corrected chi connectivity index (χ1v) is 9.44. The van der Waals surface area contributed by atoms with Crippen molar-refractivity contribution in [1.82, 2.24) is 20.8 Å². The molecule has 0 spiro atoms. The zero-order chi connectivity index (χ0) is 18.7. The second kappa shape index (κ2) is 11.8. The summed E-state index contributed by atoms with van der Waals surface area (Å²) in [4.78, 5) is 9.01. The predicted molar refractivity (Wildman–Crippen MR) is 101 cm³/mol. The quantitative estimate of drug-likeness (QED) is 0.470. The van der Waals surface area contributed by atoms with E-state index in [2.05, 4.69) is 60.4 Å². The Morgan fingerprint density at radius 1 is 1.20 bits per heavy atom. The molecular weight excluding hydrogens is 318 g/mol. The Labute approximate surface area is 152 Å². The summed E-state index contributed by atoms with van der Waals surface area (Å²) in [5.74, 6) is 3.00. The van der Waals surface area contributed by atoms with Crippen molar-refractivity contribution < 1.29 is 9.26 Å². The zero-order valence-corrected chi connectivity index (χ0v) is 16.6. The van der Waals surface area contributed by atoms with E-state index < -0.39 is 0 Å². The first-order valence-electron chi connectivity index (χ1n) is 9.44. The van der Waals surface area contributed by atoms with Gasteiger partial charge in [-0.05, 0) is 26.2 Å². The molecule has 0 aliphatic rings. The third-order valence-electron chi connectivity index (χ3n) is 3.78. The summed E-state index contributed by atoms with van der Waals surface area (Å²) in [6.07, 6.45) is 1.85. The highest BCUT2D eigenvalue weighted by Gasteiger charge is 2.13. The monoisotopic (exact) mass is 353 g/mol. The Balaban J connectivity index is 2.43. The maximum absolute atomic E-state index is 5.77. The van der Waals surface area contributed by atoms with Gasteiger partial charge in [0, 0.05) is 38.6 Å². The Bertz CT molecular complexity index is 499. The molecule has 0 bridgehead atoms. The summed E-state index contributed by atoms with van der Waals surface area (Å²) in [5.41, 5.74) is 0. The maximum Gasteiger partial charge on any atom is 0.228 e. The molecule has 0 radical (unpaired) electrons. The fourth-order valence-electron chi connectivity index (χ4n) is 2.36. The summed E-state index contributed by atoms with van der Waals surface area (Å²) < 4.78 is 11.0. The third-order valence-corrected chi connectivity index (χ3v) is 3.78. The molecule has 7 heteroatoms. The highest BCUT2D eigenvalue weighted by molar-refractivity contribution is 5.79. The van der Waals surface area contributed by atoms with Crippen LogP contribution in [0.15, 0.2) is 9.52 Å². The third kappa shape index (κ3) is 8.34. The molecule has 0 fully saturated rings. The summed E-state index contributed by atoms with van der Waals surface area (Å²) in [6.45, 7) is 15.6. The highest BCUT2D eigenvalue weighted by Crippen LogP contribution is 2.11. The van der Waals surface area contributed by atoms with Crippen LogP contribution in [0.5, 0.6) is 0 Å². The molecule has 0 amide bonds. The molecule has 1 aromatic heterocycles. The average molecular weight is 354 g/mol. The van der Waals surface area contributed by atoms with Gasteiger partial charge in [0.25, 0.3) is 0 Å². The highest BCUT2D eigenvalue weighted by atomic mass is 16.5. The van der Waals surface area contributed by atoms with Gasteiger partial charge in [-0.1, -0.05) is 32.9 Å². The average Bonchev–Trinajstić information content (AvgIpc) is 3.03. The van der Waals surface area contributed by atoms with E-state index in [0.29, 0.717) is 24.8 Å². The molecule has 0 aromatic carbocycles. The minimum atomic E-state index is 0.254. The van der Waals surface area contributed by atoms with Gasteiger partial charge in [0.05, 0.1) is 6.10 Å². The van der Waals surface area contributed by atoms with Gasteiger partial charge in [0.15, 0.2) is 11.8 Å². The number of ether oxygens (including phenoxy) is 1. The van der Waals surface area contributed by atoms with Crippen LogP contribution in [0.25, 0.3) is 0 Å². The second-order valence-electron chi connectivity index (χ2n) is 6.66. The lowest BCUT2D eigenvalue weighted by molar-refractivity contribution is 0.0266. The topological polar surface area (TPSA) is 84.6 Å². The Kier molecular flexibility index (Phi) is 10.1. The van der Waals surface area contributed by atoms with Crippen molar-refractivity contribution in [3.05, 3.63) is 11.7 Å². The molecule has 25 heavy (non-hydrogen) atoms. The molecule has 7 nitrogen and oxygen atoms in total. The Morgan fingerprint density at radius 3 is 2.52 bits per heavy atom. The standard InChI is InChI=1S/C18H35N5O2/c1-7-19-18(20-11-9-15(13(3)4)24-8-2)21-12-10-16-22-17(14(5)6)23-25-16/h13-15H,7-12H2,1-6H3,(H2,19,20,21). The molecule has 1 atom stereocenters. The van der Waals surface area contributed by atoms with Crippen molar-refractivity contribution in [2.75, 3.05) is 26.2 Å². The second-order valence-corrected chi connectivity index (χ2v) is 6.66. The molecule has 2 N–H and O–H groups in total. The van der Waals surface area contributed by atoms with Crippen LogP contribution >= 0.6 is 0 Å². The van der Waals surface area contributed by atoms with E-state index in [0.717, 1.165) is 37.9 Å². The van der Waals surface area contributed by atoms with Crippen molar-refractivity contribution in [3.8, 4) is 0 Å². The van der Waals surface area contributed by atoms with Gasteiger partial charge in [-0.3, -0.25) is 4.99 Å². The summed E-state index contributed by atoms with van der Waals surface area (Å²) in [6, 6.07) is 0. The number of rotatable bonds is 11. The van der Waals surface area contributed by atoms with Gasteiger partial charge in [0.1, 0.15) is 0 Å². The molecule has 1 heterocycles. The van der Waals surface area contributed by atoms with Gasteiger partial charge < -0.3 is 19.9 Å². The van der Waals surface area contributed by atoms with Gasteiger partial charge in [-0.15, -0.1) is 0 Å². The van der Waals surface area contributed by atoms with Crippen molar-refractivity contribution in [2.24, 2.45) is 10.9 Å². The summed E-state index contributed by atoms with van der Waals surface area (Å²) in [7, 11) is 0. The molecular formula is C18H35N5O2. The van der Waals surface area contributed by atoms with E-state index in [4.69, 9.17) is 9.26 Å². The summed E-state index contributed by atoms with van der Waals surface area (Å²) >= 11 is 0. The smallest absolute Gasteiger partial charge is 0.228 e. The van der Waals surface area contributed by atoms with E-state index in [1.54, 1.807) is 0 Å². The molecule has 0 aliphatic heterocycles. The van der Waals surface area contributed by atoms with E-state index in [1.807, 2.05) is 6.92 Å². The number of hydrogen-bond acceptors (Lipinski definition) is 5. The number of hydrogen-bond donors (Lipinski definition) is 2. The van der Waals surface area contributed by atoms with Crippen molar-refractivity contribution in [1.29, 1.82) is 0 Å². The van der Waals surface area contributed by atoms with Crippen LogP contribution < -0.4 is 10.6 Å². The number of nitrogens with zero attached hydrogens (tertiary/aromatic N) is 3. The first kappa shape index (κ1) is 21.4. The van der Waals surface area contributed by atoms with Gasteiger partial charge >= 0.3 is 0 Å². The predicted octanol–water partition coefficient (Wildman–Crippen LogP) is 2.74. The van der Waals surface area contributed by atoms with Gasteiger partial charge in [-0.25, -0.2) is 0 Å². The maximum atomic E-state index is 5.77. The van der Waals surface area contributed by atoms with E-state index in [1.165, 1.54) is 0 Å². The SMILES string of the molecule is CCNC(=NCCC(OCC)C(C)C)NCCc1nc(C(C)C)no1. The normalized spacial score (nSPS) is 13.5. The Hall–Kier alpha value is -1.63. The van der Waals surface area contributed by atoms with Crippen molar-refractivity contribution in [2.45, 2.75) is 66.4 Å². The van der Waals surface area contributed by atoms with Crippen LogP contribution in [0.1, 0.15) is 65.6 Å². The minimum Gasteiger partial charge on any atom is -0.378 e. The van der Waals surface area contributed by atoms with Crippen LogP contribution in [-0.4, -0.2) is 48.4 Å².